The van der Waals surface area contributed by atoms with Crippen molar-refractivity contribution in [1.29, 1.82) is 0 Å². The number of Topliss-reactive ketones (excluding diaryl/α,β-unsaturated/α-hetero) is 1. The van der Waals surface area contributed by atoms with E-state index in [0.29, 0.717) is 30.4 Å². The normalized spacial score (nSPS) is 12.3. The molecule has 188 valence electrons. The lowest BCUT2D eigenvalue weighted by molar-refractivity contribution is -0.118. The summed E-state index contributed by atoms with van der Waals surface area (Å²) in [6.45, 7) is 5.67. The molecule has 8 nitrogen and oxygen atoms in total. The first-order valence-electron chi connectivity index (χ1n) is 12.1. The van der Waals surface area contributed by atoms with Gasteiger partial charge in [0.15, 0.2) is 23.0 Å². The van der Waals surface area contributed by atoms with Crippen molar-refractivity contribution >= 4 is 17.7 Å². The highest BCUT2D eigenvalue weighted by Crippen LogP contribution is 2.47. The molecular formula is C27H32O8. The third kappa shape index (κ3) is 5.58. The Labute approximate surface area is 204 Å². The van der Waals surface area contributed by atoms with Crippen LogP contribution in [0.25, 0.3) is 0 Å². The Hall–Kier alpha value is -3.55. The maximum atomic E-state index is 13.2. The predicted molar refractivity (Wildman–Crippen MR) is 129 cm³/mol. The second kappa shape index (κ2) is 11.3. The summed E-state index contributed by atoms with van der Waals surface area (Å²) in [5.74, 6) is -3.26. The zero-order chi connectivity index (χ0) is 25.7. The zero-order valence-corrected chi connectivity index (χ0v) is 20.4. The number of aromatic carboxylic acids is 1. The molecule has 0 aromatic heterocycles. The molecule has 1 aliphatic heterocycles. The van der Waals surface area contributed by atoms with E-state index >= 15 is 0 Å². The average Bonchev–Trinajstić information content (AvgIpc) is 2.92. The van der Waals surface area contributed by atoms with Crippen LogP contribution in [0.2, 0.25) is 0 Å². The van der Waals surface area contributed by atoms with Crippen molar-refractivity contribution in [2.24, 2.45) is 0 Å². The standard InChI is InChI=1S/C27H32O8/c1-4-6-8-10-16(28)13-18-23-20(14-19(29)24(18)30)34-25-17(11-9-7-5-2)22(26(31)32)15(3)12-21(25)35-27(23)33/h12,14,29-30H,4-11,13H2,1-3H3,(H,31,32). The third-order valence-corrected chi connectivity index (χ3v) is 6.18. The Bertz CT molecular complexity index is 1150. The quantitative estimate of drug-likeness (QED) is 0.157. The summed E-state index contributed by atoms with van der Waals surface area (Å²) in [7, 11) is 0. The maximum absolute atomic E-state index is 13.2. The van der Waals surface area contributed by atoms with Crippen molar-refractivity contribution in [1.82, 2.24) is 0 Å². The van der Waals surface area contributed by atoms with Gasteiger partial charge >= 0.3 is 11.9 Å². The Morgan fingerprint density at radius 3 is 2.26 bits per heavy atom. The lowest BCUT2D eigenvalue weighted by Crippen LogP contribution is -2.14. The van der Waals surface area contributed by atoms with Gasteiger partial charge in [-0.05, 0) is 37.8 Å². The van der Waals surface area contributed by atoms with Gasteiger partial charge in [-0.2, -0.15) is 0 Å². The molecule has 0 bridgehead atoms. The van der Waals surface area contributed by atoms with Gasteiger partial charge in [0.1, 0.15) is 17.1 Å². The molecule has 35 heavy (non-hydrogen) atoms. The minimum Gasteiger partial charge on any atom is -0.504 e. The predicted octanol–water partition coefficient (Wildman–Crippen LogP) is 5.85. The molecule has 2 aromatic carbocycles. The van der Waals surface area contributed by atoms with Gasteiger partial charge < -0.3 is 24.8 Å². The Kier molecular flexibility index (Phi) is 8.38. The molecule has 0 saturated carbocycles. The number of aromatic hydroxyl groups is 2. The molecule has 0 amide bonds. The SMILES string of the molecule is CCCCCC(=O)Cc1c(O)c(O)cc2c1C(=O)Oc1cc(C)c(C(=O)O)c(CCCCC)c1O2. The van der Waals surface area contributed by atoms with Crippen LogP contribution in [0.4, 0.5) is 0 Å². The van der Waals surface area contributed by atoms with E-state index in [0.717, 1.165) is 31.7 Å². The van der Waals surface area contributed by atoms with Crippen LogP contribution in [0.1, 0.15) is 96.2 Å². The number of benzene rings is 2. The van der Waals surface area contributed by atoms with Gasteiger partial charge in [-0.1, -0.05) is 39.5 Å². The van der Waals surface area contributed by atoms with Gasteiger partial charge in [-0.25, -0.2) is 9.59 Å². The summed E-state index contributed by atoms with van der Waals surface area (Å²) in [5, 5.41) is 30.7. The van der Waals surface area contributed by atoms with Crippen LogP contribution in [-0.4, -0.2) is 33.0 Å². The number of carbonyl (C=O) groups is 3. The first-order valence-corrected chi connectivity index (χ1v) is 12.1. The number of hydrogen-bond donors (Lipinski definition) is 3. The van der Waals surface area contributed by atoms with Crippen molar-refractivity contribution in [3.8, 4) is 28.7 Å². The number of fused-ring (bicyclic) bond motifs is 2. The van der Waals surface area contributed by atoms with Gasteiger partial charge in [0.05, 0.1) is 5.56 Å². The summed E-state index contributed by atoms with van der Waals surface area (Å²) >= 11 is 0. The Morgan fingerprint density at radius 2 is 1.60 bits per heavy atom. The van der Waals surface area contributed by atoms with Crippen molar-refractivity contribution < 1.29 is 39.2 Å². The number of ketones is 1. The van der Waals surface area contributed by atoms with E-state index in [4.69, 9.17) is 9.47 Å². The molecule has 0 spiro atoms. The molecule has 0 radical (unpaired) electrons. The first-order chi connectivity index (χ1) is 16.7. The number of hydrogen-bond acceptors (Lipinski definition) is 7. The van der Waals surface area contributed by atoms with E-state index < -0.39 is 23.4 Å². The fourth-order valence-corrected chi connectivity index (χ4v) is 4.39. The number of unbranched alkanes of at least 4 members (excludes halogenated alkanes) is 4. The van der Waals surface area contributed by atoms with Gasteiger partial charge in [-0.15, -0.1) is 0 Å². The van der Waals surface area contributed by atoms with E-state index in [2.05, 4.69) is 0 Å². The Morgan fingerprint density at radius 1 is 0.914 bits per heavy atom. The molecule has 1 aliphatic rings. The smallest absolute Gasteiger partial charge is 0.347 e. The van der Waals surface area contributed by atoms with Crippen LogP contribution in [0.15, 0.2) is 12.1 Å². The summed E-state index contributed by atoms with van der Waals surface area (Å²) in [6, 6.07) is 2.52. The highest BCUT2D eigenvalue weighted by molar-refractivity contribution is 6.00. The van der Waals surface area contributed by atoms with Crippen LogP contribution < -0.4 is 9.47 Å². The third-order valence-electron chi connectivity index (χ3n) is 6.18. The van der Waals surface area contributed by atoms with Crippen molar-refractivity contribution in [2.75, 3.05) is 0 Å². The van der Waals surface area contributed by atoms with Crippen LogP contribution in [0.3, 0.4) is 0 Å². The fraction of sp³-hybridized carbons (Fsp3) is 0.444. The van der Waals surface area contributed by atoms with Crippen LogP contribution >= 0.6 is 0 Å². The second-order valence-electron chi connectivity index (χ2n) is 8.90. The number of aryl methyl sites for hydroxylation is 1. The maximum Gasteiger partial charge on any atom is 0.347 e. The number of esters is 1. The molecule has 0 aliphatic carbocycles. The number of ether oxygens (including phenoxy) is 2. The highest BCUT2D eigenvalue weighted by atomic mass is 16.6. The molecular weight excluding hydrogens is 452 g/mol. The van der Waals surface area contributed by atoms with Crippen molar-refractivity contribution in [2.45, 2.75) is 78.6 Å². The van der Waals surface area contributed by atoms with E-state index in [1.165, 1.54) is 6.07 Å². The Balaban J connectivity index is 2.12. The van der Waals surface area contributed by atoms with E-state index in [1.807, 2.05) is 13.8 Å². The minimum atomic E-state index is -1.12. The molecule has 0 fully saturated rings. The number of phenolic OH excluding ortho intramolecular Hbond substituents is 2. The molecule has 0 unspecified atom stereocenters. The highest BCUT2D eigenvalue weighted by Gasteiger charge is 2.33. The lowest BCUT2D eigenvalue weighted by Gasteiger charge is -2.17. The molecule has 1 heterocycles. The minimum absolute atomic E-state index is 0.0550. The molecule has 8 heteroatoms. The average molecular weight is 485 g/mol. The molecule has 0 saturated heterocycles. The number of rotatable bonds is 11. The number of carboxylic acids is 1. The number of carboxylic acid groups (broad SMARTS) is 1. The van der Waals surface area contributed by atoms with E-state index in [-0.39, 0.29) is 52.6 Å². The van der Waals surface area contributed by atoms with Gasteiger partial charge in [0.2, 0.25) is 0 Å². The summed E-state index contributed by atoms with van der Waals surface area (Å²) in [4.78, 5) is 37.8. The van der Waals surface area contributed by atoms with Crippen LogP contribution in [0.5, 0.6) is 28.7 Å². The zero-order valence-electron chi connectivity index (χ0n) is 20.4. The van der Waals surface area contributed by atoms with Gasteiger partial charge in [0, 0.05) is 30.0 Å². The van der Waals surface area contributed by atoms with E-state index in [9.17, 15) is 29.7 Å². The molecule has 0 atom stereocenters. The molecule has 3 N–H and O–H groups in total. The van der Waals surface area contributed by atoms with Gasteiger partial charge in [-0.3, -0.25) is 4.79 Å². The van der Waals surface area contributed by atoms with Crippen LogP contribution in [0, 0.1) is 6.92 Å². The van der Waals surface area contributed by atoms with Crippen molar-refractivity contribution in [3.05, 3.63) is 39.9 Å². The summed E-state index contributed by atoms with van der Waals surface area (Å²) in [6.07, 6.45) is 5.39. The number of carbonyl (C=O) groups excluding carboxylic acids is 2. The second-order valence-corrected chi connectivity index (χ2v) is 8.90. The topological polar surface area (TPSA) is 130 Å². The largest absolute Gasteiger partial charge is 0.504 e. The van der Waals surface area contributed by atoms with Crippen LogP contribution in [-0.2, 0) is 17.6 Å². The lowest BCUT2D eigenvalue weighted by atomic mass is 9.95. The summed E-state index contributed by atoms with van der Waals surface area (Å²) < 4.78 is 11.6. The molecule has 2 aromatic rings. The van der Waals surface area contributed by atoms with E-state index in [1.54, 1.807) is 6.92 Å². The monoisotopic (exact) mass is 484 g/mol. The summed E-state index contributed by atoms with van der Waals surface area (Å²) in [5.41, 5.74) is 0.665. The first kappa shape index (κ1) is 26.1. The number of phenols is 2. The fourth-order valence-electron chi connectivity index (χ4n) is 4.39. The van der Waals surface area contributed by atoms with Crippen molar-refractivity contribution in [3.63, 3.8) is 0 Å². The van der Waals surface area contributed by atoms with Gasteiger partial charge in [0.25, 0.3) is 0 Å². The molecule has 3 rings (SSSR count).